The molecule has 0 atom stereocenters. The maximum atomic E-state index is 11.2. The molecule has 0 saturated carbocycles. The van der Waals surface area contributed by atoms with Gasteiger partial charge in [0.25, 0.3) is 0 Å². The number of ether oxygens (including phenoxy) is 2. The Hall–Kier alpha value is -1.03. The van der Waals surface area contributed by atoms with Crippen molar-refractivity contribution in [3.05, 3.63) is 22.2 Å². The molecule has 0 aromatic heterocycles. The van der Waals surface area contributed by atoms with Gasteiger partial charge in [-0.3, -0.25) is 4.79 Å². The first kappa shape index (κ1) is 14.4. The molecule has 1 aliphatic rings. The molecule has 4 heteroatoms. The number of carbonyl (C=O) groups excluding carboxylic acids is 1. The van der Waals surface area contributed by atoms with Crippen LogP contribution in [0.4, 0.5) is 0 Å². The van der Waals surface area contributed by atoms with Crippen molar-refractivity contribution in [1.29, 1.82) is 0 Å². The molecule has 2 rings (SSSR count). The standard InChI is InChI=1S/C15H19BrO3/c1-9(17)18-12-7-11(16)6-10-8-14(2,3)15(4,5)19-13(10)12/h6-7H,8H2,1-5H3. The molecule has 0 amide bonds. The van der Waals surface area contributed by atoms with Crippen molar-refractivity contribution in [1.82, 2.24) is 0 Å². The summed E-state index contributed by atoms with van der Waals surface area (Å²) >= 11 is 3.45. The van der Waals surface area contributed by atoms with E-state index in [1.54, 1.807) is 6.07 Å². The summed E-state index contributed by atoms with van der Waals surface area (Å²) in [6, 6.07) is 3.80. The van der Waals surface area contributed by atoms with Crippen molar-refractivity contribution in [2.75, 3.05) is 0 Å². The van der Waals surface area contributed by atoms with Crippen LogP contribution in [0.3, 0.4) is 0 Å². The van der Waals surface area contributed by atoms with Gasteiger partial charge >= 0.3 is 5.97 Å². The van der Waals surface area contributed by atoms with Crippen LogP contribution in [0.5, 0.6) is 11.5 Å². The first-order chi connectivity index (χ1) is 8.62. The highest BCUT2D eigenvalue weighted by Gasteiger charge is 2.44. The van der Waals surface area contributed by atoms with Crippen LogP contribution in [0.1, 0.15) is 40.2 Å². The van der Waals surface area contributed by atoms with E-state index in [1.807, 2.05) is 6.07 Å². The van der Waals surface area contributed by atoms with Gasteiger partial charge < -0.3 is 9.47 Å². The average molecular weight is 327 g/mol. The molecular weight excluding hydrogens is 308 g/mol. The Morgan fingerprint density at radius 1 is 1.32 bits per heavy atom. The van der Waals surface area contributed by atoms with Gasteiger partial charge in [0.05, 0.1) is 0 Å². The molecule has 1 aromatic carbocycles. The van der Waals surface area contributed by atoms with Crippen LogP contribution < -0.4 is 9.47 Å². The number of hydrogen-bond acceptors (Lipinski definition) is 3. The molecule has 19 heavy (non-hydrogen) atoms. The molecule has 0 N–H and O–H groups in total. The second-order valence-electron chi connectivity index (χ2n) is 6.16. The summed E-state index contributed by atoms with van der Waals surface area (Å²) in [5.41, 5.74) is 0.756. The summed E-state index contributed by atoms with van der Waals surface area (Å²) in [6.45, 7) is 9.89. The molecule has 0 unspecified atom stereocenters. The highest BCUT2D eigenvalue weighted by molar-refractivity contribution is 9.10. The van der Waals surface area contributed by atoms with Gasteiger partial charge in [-0.25, -0.2) is 0 Å². The number of rotatable bonds is 1. The summed E-state index contributed by atoms with van der Waals surface area (Å²) in [4.78, 5) is 11.2. The van der Waals surface area contributed by atoms with Crippen LogP contribution in [-0.2, 0) is 11.2 Å². The lowest BCUT2D eigenvalue weighted by Crippen LogP contribution is -2.48. The molecule has 3 nitrogen and oxygen atoms in total. The Morgan fingerprint density at radius 2 is 1.95 bits per heavy atom. The molecule has 0 saturated heterocycles. The minimum atomic E-state index is -0.341. The summed E-state index contributed by atoms with van der Waals surface area (Å²) < 4.78 is 12.3. The lowest BCUT2D eigenvalue weighted by atomic mass is 9.71. The van der Waals surface area contributed by atoms with Crippen molar-refractivity contribution < 1.29 is 14.3 Å². The van der Waals surface area contributed by atoms with Gasteiger partial charge in [0.15, 0.2) is 11.5 Å². The Kier molecular flexibility index (Phi) is 3.42. The number of esters is 1. The van der Waals surface area contributed by atoms with E-state index >= 15 is 0 Å². The highest BCUT2D eigenvalue weighted by atomic mass is 79.9. The van der Waals surface area contributed by atoms with Crippen molar-refractivity contribution in [3.63, 3.8) is 0 Å². The normalized spacial score (nSPS) is 19.3. The van der Waals surface area contributed by atoms with Crippen molar-refractivity contribution >= 4 is 21.9 Å². The van der Waals surface area contributed by atoms with E-state index in [0.717, 1.165) is 16.5 Å². The molecular formula is C15H19BrO3. The number of benzene rings is 1. The first-order valence-electron chi connectivity index (χ1n) is 6.32. The number of halogens is 1. The summed E-state index contributed by atoms with van der Waals surface area (Å²) in [5.74, 6) is 0.828. The molecule has 0 fully saturated rings. The molecule has 0 radical (unpaired) electrons. The SMILES string of the molecule is CC(=O)Oc1cc(Br)cc2c1OC(C)(C)C(C)(C)C2. The molecule has 1 aromatic rings. The Balaban J connectivity index is 2.54. The van der Waals surface area contributed by atoms with E-state index in [0.29, 0.717) is 11.5 Å². The third kappa shape index (κ3) is 2.64. The van der Waals surface area contributed by atoms with Gasteiger partial charge in [-0.1, -0.05) is 29.8 Å². The van der Waals surface area contributed by atoms with Gasteiger partial charge in [0.2, 0.25) is 0 Å². The second kappa shape index (κ2) is 4.51. The van der Waals surface area contributed by atoms with E-state index in [2.05, 4.69) is 43.6 Å². The smallest absolute Gasteiger partial charge is 0.308 e. The molecule has 0 aliphatic carbocycles. The second-order valence-corrected chi connectivity index (χ2v) is 7.07. The average Bonchev–Trinajstić information content (AvgIpc) is 2.19. The fourth-order valence-electron chi connectivity index (χ4n) is 2.18. The molecule has 0 spiro atoms. The predicted octanol–water partition coefficient (Wildman–Crippen LogP) is 4.11. The Labute approximate surface area is 122 Å². The van der Waals surface area contributed by atoms with Gasteiger partial charge in [-0.2, -0.15) is 0 Å². The molecule has 1 aliphatic heterocycles. The monoisotopic (exact) mass is 326 g/mol. The zero-order valence-corrected chi connectivity index (χ0v) is 13.6. The fourth-order valence-corrected chi connectivity index (χ4v) is 2.67. The summed E-state index contributed by atoms with van der Waals surface area (Å²) in [6.07, 6.45) is 0.878. The van der Waals surface area contributed by atoms with Crippen LogP contribution in [-0.4, -0.2) is 11.6 Å². The van der Waals surface area contributed by atoms with Crippen molar-refractivity contribution in [2.45, 2.75) is 46.6 Å². The van der Waals surface area contributed by atoms with E-state index in [1.165, 1.54) is 6.92 Å². The third-order valence-electron chi connectivity index (χ3n) is 3.97. The zero-order chi connectivity index (χ0) is 14.4. The highest BCUT2D eigenvalue weighted by Crippen LogP contribution is 2.49. The van der Waals surface area contributed by atoms with Crippen LogP contribution in [0, 0.1) is 5.41 Å². The molecule has 1 heterocycles. The maximum Gasteiger partial charge on any atom is 0.308 e. The summed E-state index contributed by atoms with van der Waals surface area (Å²) in [7, 11) is 0. The van der Waals surface area contributed by atoms with E-state index in [-0.39, 0.29) is 17.0 Å². The Bertz CT molecular complexity index is 532. The zero-order valence-electron chi connectivity index (χ0n) is 12.0. The lowest BCUT2D eigenvalue weighted by Gasteiger charge is -2.46. The minimum absolute atomic E-state index is 0.00822. The molecule has 104 valence electrons. The van der Waals surface area contributed by atoms with E-state index in [9.17, 15) is 4.79 Å². The third-order valence-corrected chi connectivity index (χ3v) is 4.43. The topological polar surface area (TPSA) is 35.5 Å². The van der Waals surface area contributed by atoms with Crippen LogP contribution in [0.25, 0.3) is 0 Å². The van der Waals surface area contributed by atoms with Crippen LogP contribution in [0.2, 0.25) is 0 Å². The fraction of sp³-hybridized carbons (Fsp3) is 0.533. The predicted molar refractivity (Wildman–Crippen MR) is 77.6 cm³/mol. The van der Waals surface area contributed by atoms with Crippen LogP contribution in [0.15, 0.2) is 16.6 Å². The maximum absolute atomic E-state index is 11.2. The van der Waals surface area contributed by atoms with Gasteiger partial charge in [0.1, 0.15) is 5.60 Å². The molecule has 0 bridgehead atoms. The van der Waals surface area contributed by atoms with Crippen molar-refractivity contribution in [2.24, 2.45) is 5.41 Å². The van der Waals surface area contributed by atoms with Crippen molar-refractivity contribution in [3.8, 4) is 11.5 Å². The quantitative estimate of drug-likeness (QED) is 0.575. The van der Waals surface area contributed by atoms with Gasteiger partial charge in [-0.15, -0.1) is 0 Å². The lowest BCUT2D eigenvalue weighted by molar-refractivity contribution is -0.132. The first-order valence-corrected chi connectivity index (χ1v) is 7.11. The van der Waals surface area contributed by atoms with Gasteiger partial charge in [-0.05, 0) is 38.0 Å². The number of carbonyl (C=O) groups is 1. The Morgan fingerprint density at radius 3 is 2.53 bits per heavy atom. The number of hydrogen-bond donors (Lipinski definition) is 0. The largest absolute Gasteiger partial charge is 0.483 e. The van der Waals surface area contributed by atoms with E-state index in [4.69, 9.17) is 9.47 Å². The minimum Gasteiger partial charge on any atom is -0.483 e. The number of fused-ring (bicyclic) bond motifs is 1. The van der Waals surface area contributed by atoms with Crippen LogP contribution >= 0.6 is 15.9 Å². The summed E-state index contributed by atoms with van der Waals surface area (Å²) in [5, 5.41) is 0. The van der Waals surface area contributed by atoms with E-state index < -0.39 is 0 Å². The van der Waals surface area contributed by atoms with Gasteiger partial charge in [0, 0.05) is 16.8 Å².